The Morgan fingerprint density at radius 2 is 1.61 bits per heavy atom. The van der Waals surface area contributed by atoms with E-state index in [9.17, 15) is 14.4 Å². The lowest BCUT2D eigenvalue weighted by Crippen LogP contribution is -2.42. The van der Waals surface area contributed by atoms with Crippen molar-refractivity contribution in [3.8, 4) is 0 Å². The molecule has 0 aliphatic heterocycles. The van der Waals surface area contributed by atoms with Crippen molar-refractivity contribution in [2.24, 2.45) is 0 Å². The van der Waals surface area contributed by atoms with E-state index in [0.29, 0.717) is 11.3 Å². The minimum absolute atomic E-state index is 0.0776. The Labute approximate surface area is 134 Å². The van der Waals surface area contributed by atoms with Crippen LogP contribution >= 0.6 is 0 Å². The number of hydrogen-bond acceptors (Lipinski definition) is 4. The zero-order valence-electron chi connectivity index (χ0n) is 12.7. The predicted molar refractivity (Wildman–Crippen MR) is 85.1 cm³/mol. The number of imide groups is 1. The highest BCUT2D eigenvalue weighted by Gasteiger charge is 2.25. The van der Waals surface area contributed by atoms with E-state index in [-0.39, 0.29) is 24.5 Å². The second-order valence-electron chi connectivity index (χ2n) is 5.94. The minimum Gasteiger partial charge on any atom is -0.375 e. The molecular formula is C16H20N4O3. The first-order valence-corrected chi connectivity index (χ1v) is 7.86. The molecule has 1 aromatic carbocycles. The van der Waals surface area contributed by atoms with Crippen molar-refractivity contribution in [2.45, 2.75) is 37.8 Å². The van der Waals surface area contributed by atoms with Crippen LogP contribution in [0.1, 0.15) is 36.0 Å². The number of rotatable bonds is 6. The SMILES string of the molecule is O=C(CNc1ccccc1C(=O)NC1CC1)NC(=O)NC1CC1. The highest BCUT2D eigenvalue weighted by molar-refractivity contribution is 6.01. The normalized spacial score (nSPS) is 16.3. The van der Waals surface area contributed by atoms with Crippen LogP contribution < -0.4 is 21.3 Å². The third-order valence-corrected chi connectivity index (χ3v) is 3.69. The molecule has 2 aliphatic rings. The summed E-state index contributed by atoms with van der Waals surface area (Å²) in [7, 11) is 0. The van der Waals surface area contributed by atoms with Crippen LogP contribution in [0.4, 0.5) is 10.5 Å². The summed E-state index contributed by atoms with van der Waals surface area (Å²) in [5, 5.41) is 10.8. The second-order valence-corrected chi connectivity index (χ2v) is 5.94. The molecular weight excluding hydrogens is 296 g/mol. The predicted octanol–water partition coefficient (Wildman–Crippen LogP) is 0.979. The van der Waals surface area contributed by atoms with E-state index >= 15 is 0 Å². The van der Waals surface area contributed by atoms with Crippen LogP contribution in [0.5, 0.6) is 0 Å². The summed E-state index contributed by atoms with van der Waals surface area (Å²) >= 11 is 0. The van der Waals surface area contributed by atoms with Crippen LogP contribution in [0.25, 0.3) is 0 Å². The lowest BCUT2D eigenvalue weighted by atomic mass is 10.1. The van der Waals surface area contributed by atoms with Gasteiger partial charge in [-0.25, -0.2) is 4.79 Å². The van der Waals surface area contributed by atoms with E-state index in [1.807, 2.05) is 0 Å². The summed E-state index contributed by atoms with van der Waals surface area (Å²) < 4.78 is 0. The first kappa shape index (κ1) is 15.3. The Kier molecular flexibility index (Phi) is 4.45. The van der Waals surface area contributed by atoms with Gasteiger partial charge in [-0.15, -0.1) is 0 Å². The Morgan fingerprint density at radius 1 is 0.957 bits per heavy atom. The number of anilines is 1. The fourth-order valence-electron chi connectivity index (χ4n) is 2.12. The van der Waals surface area contributed by atoms with Gasteiger partial charge in [-0.3, -0.25) is 14.9 Å². The maximum Gasteiger partial charge on any atom is 0.321 e. The van der Waals surface area contributed by atoms with Crippen LogP contribution in [-0.2, 0) is 4.79 Å². The minimum atomic E-state index is -0.473. The van der Waals surface area contributed by atoms with Gasteiger partial charge in [-0.2, -0.15) is 0 Å². The van der Waals surface area contributed by atoms with Crippen molar-refractivity contribution in [2.75, 3.05) is 11.9 Å². The Balaban J connectivity index is 1.51. The molecule has 0 unspecified atom stereocenters. The lowest BCUT2D eigenvalue weighted by Gasteiger charge is -2.12. The Bertz CT molecular complexity index is 624. The van der Waals surface area contributed by atoms with Crippen LogP contribution in [0.3, 0.4) is 0 Å². The maximum absolute atomic E-state index is 12.2. The van der Waals surface area contributed by atoms with Crippen molar-refractivity contribution >= 4 is 23.5 Å². The Hall–Kier alpha value is -2.57. The van der Waals surface area contributed by atoms with Gasteiger partial charge in [-0.05, 0) is 37.8 Å². The molecule has 0 spiro atoms. The van der Waals surface area contributed by atoms with E-state index < -0.39 is 11.9 Å². The van der Waals surface area contributed by atoms with E-state index in [4.69, 9.17) is 0 Å². The van der Waals surface area contributed by atoms with Gasteiger partial charge in [-0.1, -0.05) is 12.1 Å². The molecule has 3 rings (SSSR count). The molecule has 2 fully saturated rings. The number of amides is 4. The smallest absolute Gasteiger partial charge is 0.321 e. The van der Waals surface area contributed by atoms with Crippen LogP contribution in [0, 0.1) is 0 Å². The fourth-order valence-corrected chi connectivity index (χ4v) is 2.12. The van der Waals surface area contributed by atoms with Crippen molar-refractivity contribution in [1.82, 2.24) is 16.0 Å². The number of hydrogen-bond donors (Lipinski definition) is 4. The number of para-hydroxylation sites is 1. The molecule has 122 valence electrons. The summed E-state index contributed by atoms with van der Waals surface area (Å²) in [6, 6.07) is 6.99. The molecule has 0 bridgehead atoms. The van der Waals surface area contributed by atoms with Gasteiger partial charge in [0.15, 0.2) is 0 Å². The zero-order valence-corrected chi connectivity index (χ0v) is 12.7. The fraction of sp³-hybridized carbons (Fsp3) is 0.438. The highest BCUT2D eigenvalue weighted by Crippen LogP contribution is 2.21. The van der Waals surface area contributed by atoms with Crippen molar-refractivity contribution < 1.29 is 14.4 Å². The molecule has 0 atom stereocenters. The summed E-state index contributed by atoms with van der Waals surface area (Å²) in [4.78, 5) is 35.4. The molecule has 0 heterocycles. The van der Waals surface area contributed by atoms with Gasteiger partial charge >= 0.3 is 6.03 Å². The lowest BCUT2D eigenvalue weighted by molar-refractivity contribution is -0.118. The van der Waals surface area contributed by atoms with E-state index in [0.717, 1.165) is 25.7 Å². The van der Waals surface area contributed by atoms with E-state index in [2.05, 4.69) is 21.3 Å². The number of urea groups is 1. The number of nitrogens with one attached hydrogen (secondary N) is 4. The molecule has 4 N–H and O–H groups in total. The quantitative estimate of drug-likeness (QED) is 0.628. The molecule has 7 nitrogen and oxygen atoms in total. The van der Waals surface area contributed by atoms with Gasteiger partial charge in [0.05, 0.1) is 12.1 Å². The molecule has 23 heavy (non-hydrogen) atoms. The molecule has 0 aromatic heterocycles. The highest BCUT2D eigenvalue weighted by atomic mass is 16.2. The van der Waals surface area contributed by atoms with Gasteiger partial charge < -0.3 is 16.0 Å². The molecule has 1 aromatic rings. The van der Waals surface area contributed by atoms with Gasteiger partial charge in [0.1, 0.15) is 0 Å². The number of carbonyl (C=O) groups is 3. The summed E-state index contributed by atoms with van der Waals surface area (Å²) in [5.41, 5.74) is 1.07. The first-order chi connectivity index (χ1) is 11.1. The summed E-state index contributed by atoms with van der Waals surface area (Å²) in [5.74, 6) is -0.594. The number of benzene rings is 1. The molecule has 7 heteroatoms. The maximum atomic E-state index is 12.2. The molecule has 4 amide bonds. The van der Waals surface area contributed by atoms with Crippen molar-refractivity contribution in [3.63, 3.8) is 0 Å². The average Bonchev–Trinajstić information content (AvgIpc) is 3.42. The average molecular weight is 316 g/mol. The van der Waals surface area contributed by atoms with Crippen LogP contribution in [0.2, 0.25) is 0 Å². The van der Waals surface area contributed by atoms with Crippen LogP contribution in [0.15, 0.2) is 24.3 Å². The largest absolute Gasteiger partial charge is 0.375 e. The molecule has 2 saturated carbocycles. The van der Waals surface area contributed by atoms with Gasteiger partial charge in [0.25, 0.3) is 5.91 Å². The Morgan fingerprint density at radius 3 is 2.30 bits per heavy atom. The van der Waals surface area contributed by atoms with E-state index in [1.165, 1.54) is 0 Å². The summed E-state index contributed by atoms with van der Waals surface area (Å²) in [6.45, 7) is -0.0776. The monoisotopic (exact) mass is 316 g/mol. The van der Waals surface area contributed by atoms with Crippen LogP contribution in [-0.4, -0.2) is 36.5 Å². The van der Waals surface area contributed by atoms with Gasteiger partial charge in [0, 0.05) is 17.8 Å². The molecule has 2 aliphatic carbocycles. The second kappa shape index (κ2) is 6.68. The topological polar surface area (TPSA) is 99.3 Å². The van der Waals surface area contributed by atoms with Crippen molar-refractivity contribution in [3.05, 3.63) is 29.8 Å². The van der Waals surface area contributed by atoms with Crippen molar-refractivity contribution in [1.29, 1.82) is 0 Å². The molecule has 0 saturated heterocycles. The third kappa shape index (κ3) is 4.70. The third-order valence-electron chi connectivity index (χ3n) is 3.69. The summed E-state index contributed by atoms with van der Waals surface area (Å²) in [6.07, 6.45) is 3.95. The van der Waals surface area contributed by atoms with Gasteiger partial charge in [0.2, 0.25) is 5.91 Å². The zero-order chi connectivity index (χ0) is 16.2. The van der Waals surface area contributed by atoms with E-state index in [1.54, 1.807) is 24.3 Å². The first-order valence-electron chi connectivity index (χ1n) is 7.86. The number of carbonyl (C=O) groups excluding carboxylic acids is 3. The standard InChI is InChI=1S/C16H20N4O3/c21-14(20-16(23)19-11-7-8-11)9-17-13-4-2-1-3-12(13)15(22)18-10-5-6-10/h1-4,10-11,17H,5-9H2,(H,18,22)(H2,19,20,21,23). The molecule has 0 radical (unpaired) electrons.